The first-order chi connectivity index (χ1) is 11.3. The second-order valence-corrected chi connectivity index (χ2v) is 7.30. The Morgan fingerprint density at radius 3 is 2.62 bits per heavy atom. The maximum atomic E-state index is 13.2. The van der Waals surface area contributed by atoms with Gasteiger partial charge in [0.25, 0.3) is 0 Å². The first-order valence-electron chi connectivity index (χ1n) is 7.74. The minimum absolute atomic E-state index is 0.0108. The summed E-state index contributed by atoms with van der Waals surface area (Å²) < 4.78 is 42.0. The monoisotopic (exact) mass is 402 g/mol. The van der Waals surface area contributed by atoms with Gasteiger partial charge in [0, 0.05) is 54.5 Å². The number of pyridine rings is 1. The zero-order chi connectivity index (χ0) is 17.5. The van der Waals surface area contributed by atoms with E-state index in [0.717, 1.165) is 18.4 Å². The molecule has 3 heterocycles. The van der Waals surface area contributed by atoms with Gasteiger partial charge in [0.05, 0.1) is 5.56 Å². The average Bonchev–Trinajstić information content (AvgIpc) is 2.90. The first-order valence-corrected chi connectivity index (χ1v) is 8.53. The summed E-state index contributed by atoms with van der Waals surface area (Å²) in [4.78, 5) is 10.0. The molecular weight excluding hydrogens is 385 g/mol. The number of imidazole rings is 1. The SMILES string of the molecule is CC(C)c1nccn1CC1CN(c2ncc(Br)cc2C(F)(F)F)C1. The zero-order valence-corrected chi connectivity index (χ0v) is 15.0. The van der Waals surface area contributed by atoms with Gasteiger partial charge in [-0.15, -0.1) is 0 Å². The fraction of sp³-hybridized carbons (Fsp3) is 0.500. The zero-order valence-electron chi connectivity index (χ0n) is 13.4. The van der Waals surface area contributed by atoms with Crippen LogP contribution in [0.15, 0.2) is 29.1 Å². The maximum Gasteiger partial charge on any atom is 0.419 e. The van der Waals surface area contributed by atoms with Crippen LogP contribution >= 0.6 is 15.9 Å². The predicted octanol–water partition coefficient (Wildman–Crippen LogP) is 4.32. The lowest BCUT2D eigenvalue weighted by Gasteiger charge is -2.41. The molecule has 1 fully saturated rings. The Morgan fingerprint density at radius 2 is 2.00 bits per heavy atom. The molecule has 1 aliphatic rings. The van der Waals surface area contributed by atoms with Crippen LogP contribution < -0.4 is 4.90 Å². The van der Waals surface area contributed by atoms with Crippen LogP contribution in [0.25, 0.3) is 0 Å². The number of hydrogen-bond donors (Lipinski definition) is 0. The number of hydrogen-bond acceptors (Lipinski definition) is 3. The third kappa shape index (κ3) is 3.43. The lowest BCUT2D eigenvalue weighted by atomic mass is 9.99. The summed E-state index contributed by atoms with van der Waals surface area (Å²) in [5.74, 6) is 1.63. The van der Waals surface area contributed by atoms with E-state index < -0.39 is 11.7 Å². The molecule has 0 unspecified atom stereocenters. The molecule has 2 aromatic rings. The molecule has 0 aromatic carbocycles. The van der Waals surface area contributed by atoms with Crippen molar-refractivity contribution >= 4 is 21.7 Å². The van der Waals surface area contributed by atoms with E-state index in [0.29, 0.717) is 29.4 Å². The van der Waals surface area contributed by atoms with Crippen LogP contribution in [-0.4, -0.2) is 27.6 Å². The van der Waals surface area contributed by atoms with Gasteiger partial charge < -0.3 is 9.47 Å². The van der Waals surface area contributed by atoms with E-state index in [2.05, 4.69) is 44.3 Å². The summed E-state index contributed by atoms with van der Waals surface area (Å²) in [7, 11) is 0. The van der Waals surface area contributed by atoms with E-state index in [1.807, 2.05) is 6.20 Å². The summed E-state index contributed by atoms with van der Waals surface area (Å²) in [6.45, 7) is 6.04. The minimum atomic E-state index is -4.41. The van der Waals surface area contributed by atoms with Crippen LogP contribution in [0.3, 0.4) is 0 Å². The van der Waals surface area contributed by atoms with Gasteiger partial charge in [-0.25, -0.2) is 9.97 Å². The average molecular weight is 403 g/mol. The van der Waals surface area contributed by atoms with Gasteiger partial charge in [0.1, 0.15) is 11.6 Å². The van der Waals surface area contributed by atoms with Gasteiger partial charge in [-0.3, -0.25) is 0 Å². The molecular formula is C16H18BrF3N4. The summed E-state index contributed by atoms with van der Waals surface area (Å²) >= 11 is 3.06. The number of aromatic nitrogens is 3. The molecule has 130 valence electrons. The van der Waals surface area contributed by atoms with Gasteiger partial charge in [-0.2, -0.15) is 13.2 Å². The largest absolute Gasteiger partial charge is 0.419 e. The second-order valence-electron chi connectivity index (χ2n) is 6.39. The number of nitrogens with zero attached hydrogens (tertiary/aromatic N) is 4. The second kappa shape index (κ2) is 6.38. The Balaban J connectivity index is 1.70. The van der Waals surface area contributed by atoms with Crippen LogP contribution in [-0.2, 0) is 12.7 Å². The van der Waals surface area contributed by atoms with E-state index in [4.69, 9.17) is 0 Å². The van der Waals surface area contributed by atoms with Crippen molar-refractivity contribution in [1.82, 2.24) is 14.5 Å². The molecule has 0 aliphatic carbocycles. The number of halogens is 4. The number of rotatable bonds is 4. The van der Waals surface area contributed by atoms with E-state index in [1.54, 1.807) is 11.1 Å². The smallest absolute Gasteiger partial charge is 0.355 e. The summed E-state index contributed by atoms with van der Waals surface area (Å²) in [5, 5.41) is 0. The molecule has 8 heteroatoms. The van der Waals surface area contributed by atoms with Crippen LogP contribution in [0.4, 0.5) is 19.0 Å². The van der Waals surface area contributed by atoms with Crippen molar-refractivity contribution in [2.75, 3.05) is 18.0 Å². The fourth-order valence-electron chi connectivity index (χ4n) is 3.00. The van der Waals surface area contributed by atoms with Crippen molar-refractivity contribution < 1.29 is 13.2 Å². The van der Waals surface area contributed by atoms with Gasteiger partial charge >= 0.3 is 6.18 Å². The summed E-state index contributed by atoms with van der Waals surface area (Å²) in [6, 6.07) is 1.09. The van der Waals surface area contributed by atoms with Gasteiger partial charge in [0.2, 0.25) is 0 Å². The van der Waals surface area contributed by atoms with Crippen molar-refractivity contribution in [1.29, 1.82) is 0 Å². The molecule has 4 nitrogen and oxygen atoms in total. The highest BCUT2D eigenvalue weighted by Crippen LogP contribution is 2.39. The molecule has 0 amide bonds. The molecule has 0 atom stereocenters. The number of alkyl halides is 3. The standard InChI is InChI=1S/C16H18BrF3N4/c1-10(2)14-21-3-4-23(14)7-11-8-24(9-11)15-13(16(18,19)20)5-12(17)6-22-15/h3-6,10-11H,7-9H2,1-2H3. The van der Waals surface area contributed by atoms with Gasteiger partial charge in [-0.05, 0) is 22.0 Å². The molecule has 3 rings (SSSR count). The van der Waals surface area contributed by atoms with Crippen LogP contribution in [0.2, 0.25) is 0 Å². The molecule has 0 bridgehead atoms. The van der Waals surface area contributed by atoms with Crippen LogP contribution in [0.1, 0.15) is 31.2 Å². The van der Waals surface area contributed by atoms with Gasteiger partial charge in [-0.1, -0.05) is 13.8 Å². The van der Waals surface area contributed by atoms with E-state index in [1.165, 1.54) is 6.20 Å². The Bertz CT molecular complexity index is 720. The third-order valence-electron chi connectivity index (χ3n) is 4.11. The van der Waals surface area contributed by atoms with E-state index >= 15 is 0 Å². The lowest BCUT2D eigenvalue weighted by molar-refractivity contribution is -0.137. The molecule has 0 saturated carbocycles. The van der Waals surface area contributed by atoms with E-state index in [-0.39, 0.29) is 5.82 Å². The first kappa shape index (κ1) is 17.3. The molecule has 1 aliphatic heterocycles. The highest BCUT2D eigenvalue weighted by molar-refractivity contribution is 9.10. The van der Waals surface area contributed by atoms with E-state index in [9.17, 15) is 13.2 Å². The molecule has 1 saturated heterocycles. The Hall–Kier alpha value is -1.57. The van der Waals surface area contributed by atoms with Crippen LogP contribution in [0.5, 0.6) is 0 Å². The molecule has 24 heavy (non-hydrogen) atoms. The number of anilines is 1. The topological polar surface area (TPSA) is 34.0 Å². The highest BCUT2D eigenvalue weighted by Gasteiger charge is 2.39. The van der Waals surface area contributed by atoms with Crippen molar-refractivity contribution in [3.8, 4) is 0 Å². The van der Waals surface area contributed by atoms with Crippen molar-refractivity contribution in [3.63, 3.8) is 0 Å². The quantitative estimate of drug-likeness (QED) is 0.763. The minimum Gasteiger partial charge on any atom is -0.355 e. The molecule has 0 spiro atoms. The Labute approximate surface area is 146 Å². The summed E-state index contributed by atoms with van der Waals surface area (Å²) in [5.41, 5.74) is -0.694. The Kier molecular flexibility index (Phi) is 4.59. The van der Waals surface area contributed by atoms with Crippen LogP contribution in [0, 0.1) is 5.92 Å². The lowest BCUT2D eigenvalue weighted by Crippen LogP contribution is -2.49. The predicted molar refractivity (Wildman–Crippen MR) is 89.0 cm³/mol. The molecule has 0 N–H and O–H groups in total. The third-order valence-corrected chi connectivity index (χ3v) is 4.55. The molecule has 2 aromatic heterocycles. The van der Waals surface area contributed by atoms with Crippen molar-refractivity contribution in [3.05, 3.63) is 40.5 Å². The summed E-state index contributed by atoms with van der Waals surface area (Å²) in [6.07, 6.45) is 0.692. The molecule has 0 radical (unpaired) electrons. The van der Waals surface area contributed by atoms with Gasteiger partial charge in [0.15, 0.2) is 0 Å². The normalized spacial score (nSPS) is 15.9. The maximum absolute atomic E-state index is 13.2. The van der Waals surface area contributed by atoms with Crippen molar-refractivity contribution in [2.24, 2.45) is 5.92 Å². The van der Waals surface area contributed by atoms with Crippen molar-refractivity contribution in [2.45, 2.75) is 32.5 Å². The Morgan fingerprint density at radius 1 is 1.29 bits per heavy atom. The highest BCUT2D eigenvalue weighted by atomic mass is 79.9. The fourth-order valence-corrected chi connectivity index (χ4v) is 3.34.